The largest absolute Gasteiger partial charge is 0.481 e. The molecule has 2 aromatic carbocycles. The number of rotatable bonds is 7. The first kappa shape index (κ1) is 20.3. The SMILES string of the molecule is O=C(O)CCc1cn(CSCc2ccc(C(F)(F)F)cc2)c2ccc(F)cc12. The fraction of sp³-hybridized carbons (Fsp3) is 0.250. The van der Waals surface area contributed by atoms with Crippen LogP contribution in [0.1, 0.15) is 23.1 Å². The summed E-state index contributed by atoms with van der Waals surface area (Å²) in [5.74, 6) is -0.284. The van der Waals surface area contributed by atoms with E-state index in [1.165, 1.54) is 36.0 Å². The molecule has 0 aliphatic rings. The molecular formula is C20H17F4NO2S. The van der Waals surface area contributed by atoms with E-state index in [4.69, 9.17) is 5.11 Å². The molecule has 0 amide bonds. The van der Waals surface area contributed by atoms with Crippen molar-refractivity contribution in [2.45, 2.75) is 30.6 Å². The van der Waals surface area contributed by atoms with Crippen molar-refractivity contribution in [2.75, 3.05) is 0 Å². The summed E-state index contributed by atoms with van der Waals surface area (Å²) < 4.78 is 53.3. The zero-order chi connectivity index (χ0) is 20.3. The fourth-order valence-electron chi connectivity index (χ4n) is 2.94. The Morgan fingerprint density at radius 2 is 1.82 bits per heavy atom. The van der Waals surface area contributed by atoms with Crippen LogP contribution in [0.4, 0.5) is 17.6 Å². The number of carbonyl (C=O) groups is 1. The molecule has 0 aliphatic carbocycles. The second-order valence-electron chi connectivity index (χ2n) is 6.35. The molecule has 0 fully saturated rings. The van der Waals surface area contributed by atoms with Gasteiger partial charge >= 0.3 is 12.1 Å². The van der Waals surface area contributed by atoms with Gasteiger partial charge in [-0.2, -0.15) is 13.2 Å². The highest BCUT2D eigenvalue weighted by Gasteiger charge is 2.29. The van der Waals surface area contributed by atoms with E-state index in [9.17, 15) is 22.4 Å². The number of hydrogen-bond acceptors (Lipinski definition) is 2. The molecule has 0 bridgehead atoms. The van der Waals surface area contributed by atoms with E-state index < -0.39 is 17.7 Å². The van der Waals surface area contributed by atoms with Crippen molar-refractivity contribution >= 4 is 28.6 Å². The minimum absolute atomic E-state index is 0.0473. The number of alkyl halides is 3. The second kappa shape index (κ2) is 8.26. The number of aromatic nitrogens is 1. The quantitative estimate of drug-likeness (QED) is 0.507. The van der Waals surface area contributed by atoms with Gasteiger partial charge in [-0.05, 0) is 47.9 Å². The standard InChI is InChI=1S/C20H17F4NO2S/c21-16-6-7-18-17(9-16)14(3-8-19(26)27)10-25(18)12-28-11-13-1-4-15(5-2-13)20(22,23)24/h1-2,4-7,9-10H,3,8,11-12H2,(H,26,27). The number of carboxylic acids is 1. The molecule has 0 radical (unpaired) electrons. The molecule has 3 nitrogen and oxygen atoms in total. The van der Waals surface area contributed by atoms with E-state index in [1.807, 2.05) is 10.8 Å². The van der Waals surface area contributed by atoms with Crippen LogP contribution < -0.4 is 0 Å². The van der Waals surface area contributed by atoms with Crippen LogP contribution in [0.25, 0.3) is 10.9 Å². The number of aryl methyl sites for hydroxylation is 1. The van der Waals surface area contributed by atoms with Gasteiger partial charge in [-0.25, -0.2) is 4.39 Å². The highest BCUT2D eigenvalue weighted by atomic mass is 32.2. The third-order valence-electron chi connectivity index (χ3n) is 4.31. The Bertz CT molecular complexity index is 980. The van der Waals surface area contributed by atoms with Crippen LogP contribution in [-0.4, -0.2) is 15.6 Å². The van der Waals surface area contributed by atoms with E-state index in [0.29, 0.717) is 23.4 Å². The van der Waals surface area contributed by atoms with E-state index in [2.05, 4.69) is 0 Å². The lowest BCUT2D eigenvalue weighted by molar-refractivity contribution is -0.138. The van der Waals surface area contributed by atoms with Crippen molar-refractivity contribution < 1.29 is 27.5 Å². The summed E-state index contributed by atoms with van der Waals surface area (Å²) in [5.41, 5.74) is 1.64. The van der Waals surface area contributed by atoms with Crippen molar-refractivity contribution in [1.29, 1.82) is 0 Å². The molecule has 8 heteroatoms. The van der Waals surface area contributed by atoms with E-state index in [1.54, 1.807) is 6.07 Å². The third-order valence-corrected chi connectivity index (χ3v) is 5.31. The highest BCUT2D eigenvalue weighted by Crippen LogP contribution is 2.30. The summed E-state index contributed by atoms with van der Waals surface area (Å²) in [4.78, 5) is 10.8. The van der Waals surface area contributed by atoms with Crippen molar-refractivity contribution in [2.24, 2.45) is 0 Å². The van der Waals surface area contributed by atoms with Crippen LogP contribution in [0, 0.1) is 5.82 Å². The van der Waals surface area contributed by atoms with Crippen LogP contribution in [0.2, 0.25) is 0 Å². The molecule has 148 valence electrons. The van der Waals surface area contributed by atoms with Crippen LogP contribution in [-0.2, 0) is 29.0 Å². The summed E-state index contributed by atoms with van der Waals surface area (Å²) in [5, 5.41) is 9.57. The van der Waals surface area contributed by atoms with Gasteiger partial charge in [-0.3, -0.25) is 4.79 Å². The van der Waals surface area contributed by atoms with E-state index in [-0.39, 0.29) is 12.2 Å². The number of thioether (sulfide) groups is 1. The predicted octanol–water partition coefficient (Wildman–Crippen LogP) is 5.71. The molecule has 0 saturated heterocycles. The summed E-state index contributed by atoms with van der Waals surface area (Å²) in [6.45, 7) is 0. The molecule has 3 aromatic rings. The van der Waals surface area contributed by atoms with Gasteiger partial charge in [-0.15, -0.1) is 11.8 Å². The Kier molecular flexibility index (Phi) is 5.98. The molecule has 1 N–H and O–H groups in total. The summed E-state index contributed by atoms with van der Waals surface area (Å²) in [7, 11) is 0. The van der Waals surface area contributed by atoms with Crippen molar-refractivity contribution in [3.63, 3.8) is 0 Å². The van der Waals surface area contributed by atoms with Gasteiger partial charge < -0.3 is 9.67 Å². The number of nitrogens with zero attached hydrogens (tertiary/aromatic N) is 1. The molecule has 0 saturated carbocycles. The molecule has 1 heterocycles. The van der Waals surface area contributed by atoms with Gasteiger partial charge in [0.05, 0.1) is 11.4 Å². The molecule has 0 atom stereocenters. The lowest BCUT2D eigenvalue weighted by Gasteiger charge is -2.08. The normalized spacial score (nSPS) is 11.9. The maximum absolute atomic E-state index is 13.6. The molecule has 28 heavy (non-hydrogen) atoms. The average molecular weight is 411 g/mol. The Balaban J connectivity index is 1.71. The third kappa shape index (κ3) is 4.86. The van der Waals surface area contributed by atoms with Gasteiger partial charge in [0.1, 0.15) is 5.82 Å². The number of benzene rings is 2. The van der Waals surface area contributed by atoms with Gasteiger partial charge in [0.2, 0.25) is 0 Å². The lowest BCUT2D eigenvalue weighted by atomic mass is 10.1. The lowest BCUT2D eigenvalue weighted by Crippen LogP contribution is -2.04. The highest BCUT2D eigenvalue weighted by molar-refractivity contribution is 7.97. The zero-order valence-corrected chi connectivity index (χ0v) is 15.5. The number of aliphatic carboxylic acids is 1. The topological polar surface area (TPSA) is 42.2 Å². The summed E-state index contributed by atoms with van der Waals surface area (Å²) >= 11 is 1.50. The summed E-state index contributed by atoms with van der Waals surface area (Å²) in [6.07, 6.45) is -2.29. The monoisotopic (exact) mass is 411 g/mol. The van der Waals surface area contributed by atoms with Crippen molar-refractivity contribution in [1.82, 2.24) is 4.57 Å². The van der Waals surface area contributed by atoms with E-state index >= 15 is 0 Å². The van der Waals surface area contributed by atoms with E-state index in [0.717, 1.165) is 28.8 Å². The fourth-order valence-corrected chi connectivity index (χ4v) is 3.87. The first-order valence-corrected chi connectivity index (χ1v) is 9.62. The predicted molar refractivity (Wildman–Crippen MR) is 101 cm³/mol. The van der Waals surface area contributed by atoms with Gasteiger partial charge in [0, 0.05) is 29.3 Å². The first-order chi connectivity index (χ1) is 13.2. The Morgan fingerprint density at radius 3 is 2.46 bits per heavy atom. The maximum Gasteiger partial charge on any atom is 0.416 e. The number of hydrogen-bond donors (Lipinski definition) is 1. The van der Waals surface area contributed by atoms with Gasteiger partial charge in [-0.1, -0.05) is 12.1 Å². The number of fused-ring (bicyclic) bond motifs is 1. The number of halogens is 4. The van der Waals surface area contributed by atoms with Crippen LogP contribution >= 0.6 is 11.8 Å². The average Bonchev–Trinajstić information content (AvgIpc) is 2.96. The first-order valence-electron chi connectivity index (χ1n) is 8.47. The zero-order valence-electron chi connectivity index (χ0n) is 14.7. The molecule has 1 aromatic heterocycles. The van der Waals surface area contributed by atoms with Gasteiger partial charge in [0.15, 0.2) is 0 Å². The number of carboxylic acid groups (broad SMARTS) is 1. The molecular weight excluding hydrogens is 394 g/mol. The van der Waals surface area contributed by atoms with Crippen molar-refractivity contribution in [3.8, 4) is 0 Å². The smallest absolute Gasteiger partial charge is 0.416 e. The van der Waals surface area contributed by atoms with Crippen LogP contribution in [0.5, 0.6) is 0 Å². The maximum atomic E-state index is 13.6. The Hall–Kier alpha value is -2.48. The molecule has 0 unspecified atom stereocenters. The molecule has 0 spiro atoms. The molecule has 3 rings (SSSR count). The van der Waals surface area contributed by atoms with Crippen molar-refractivity contribution in [3.05, 3.63) is 71.2 Å². The minimum atomic E-state index is -4.35. The molecule has 0 aliphatic heterocycles. The van der Waals surface area contributed by atoms with Crippen LogP contribution in [0.3, 0.4) is 0 Å². The van der Waals surface area contributed by atoms with Crippen LogP contribution in [0.15, 0.2) is 48.7 Å². The second-order valence-corrected chi connectivity index (χ2v) is 7.31. The minimum Gasteiger partial charge on any atom is -0.481 e. The Morgan fingerprint density at radius 1 is 1.11 bits per heavy atom. The summed E-state index contributed by atoms with van der Waals surface area (Å²) in [6, 6.07) is 9.42. The van der Waals surface area contributed by atoms with Gasteiger partial charge in [0.25, 0.3) is 0 Å². The Labute approximate surface area is 163 Å².